The maximum atomic E-state index is 11.9. The van der Waals surface area contributed by atoms with Crippen molar-refractivity contribution < 1.29 is 14.3 Å². The first-order valence-electron chi connectivity index (χ1n) is 7.11. The molecule has 3 heteroatoms. The van der Waals surface area contributed by atoms with Crippen LogP contribution in [-0.4, -0.2) is 18.9 Å². The number of fused-ring (bicyclic) bond motifs is 2. The van der Waals surface area contributed by atoms with Crippen LogP contribution in [0.15, 0.2) is 22.8 Å². The Kier molecular flexibility index (Phi) is 2.69. The summed E-state index contributed by atoms with van der Waals surface area (Å²) in [6.45, 7) is 6.51. The molecule has 0 aromatic heterocycles. The number of carbonyl (C=O) groups is 1. The van der Waals surface area contributed by atoms with Crippen molar-refractivity contribution in [1.82, 2.24) is 0 Å². The maximum Gasteiger partial charge on any atom is 0.336 e. The number of allylic oxidation sites excluding steroid dienone is 1. The molecule has 104 valence electrons. The number of rotatable bonds is 1. The molecule has 0 spiro atoms. The predicted molar refractivity (Wildman–Crippen MR) is 72.4 cm³/mol. The van der Waals surface area contributed by atoms with Gasteiger partial charge in [-0.3, -0.25) is 0 Å². The molecule has 0 saturated heterocycles. The maximum absolute atomic E-state index is 11.9. The average molecular weight is 262 g/mol. The van der Waals surface area contributed by atoms with Crippen LogP contribution in [0.2, 0.25) is 0 Å². The van der Waals surface area contributed by atoms with E-state index in [-0.39, 0.29) is 11.4 Å². The molecular weight excluding hydrogens is 240 g/mol. The number of esters is 1. The highest BCUT2D eigenvalue weighted by Gasteiger charge is 2.56. The molecule has 2 aliphatic carbocycles. The quantitative estimate of drug-likeness (QED) is 0.537. The van der Waals surface area contributed by atoms with E-state index in [1.165, 1.54) is 12.0 Å². The summed E-state index contributed by atoms with van der Waals surface area (Å²) in [6, 6.07) is 0. The molecule has 0 amide bonds. The van der Waals surface area contributed by atoms with Crippen LogP contribution in [0.3, 0.4) is 0 Å². The Morgan fingerprint density at radius 3 is 2.84 bits per heavy atom. The van der Waals surface area contributed by atoms with Crippen molar-refractivity contribution in [3.8, 4) is 0 Å². The highest BCUT2D eigenvalue weighted by Crippen LogP contribution is 2.58. The average Bonchev–Trinajstić information content (AvgIpc) is 2.62. The van der Waals surface area contributed by atoms with Gasteiger partial charge in [0.1, 0.15) is 0 Å². The van der Waals surface area contributed by atoms with Gasteiger partial charge in [0.05, 0.1) is 0 Å². The molecule has 0 aromatic carbocycles. The fourth-order valence-corrected chi connectivity index (χ4v) is 3.90. The topological polar surface area (TPSA) is 35.5 Å². The molecule has 19 heavy (non-hydrogen) atoms. The van der Waals surface area contributed by atoms with E-state index in [2.05, 4.69) is 19.9 Å². The molecule has 0 N–H and O–H groups in total. The van der Waals surface area contributed by atoms with E-state index in [0.717, 1.165) is 24.0 Å². The van der Waals surface area contributed by atoms with Crippen molar-refractivity contribution in [2.45, 2.75) is 52.2 Å². The lowest BCUT2D eigenvalue weighted by Crippen LogP contribution is -2.46. The van der Waals surface area contributed by atoms with Gasteiger partial charge < -0.3 is 9.47 Å². The second-order valence-electron chi connectivity index (χ2n) is 6.43. The Morgan fingerprint density at radius 2 is 2.16 bits per heavy atom. The van der Waals surface area contributed by atoms with E-state index in [4.69, 9.17) is 9.47 Å². The fourth-order valence-electron chi connectivity index (χ4n) is 3.90. The zero-order valence-corrected chi connectivity index (χ0v) is 12.2. The van der Waals surface area contributed by atoms with Crippen LogP contribution in [0.25, 0.3) is 0 Å². The molecule has 0 aromatic rings. The minimum absolute atomic E-state index is 0.158. The molecule has 1 heterocycles. The first-order chi connectivity index (χ1) is 8.93. The molecule has 0 radical (unpaired) electrons. The van der Waals surface area contributed by atoms with Gasteiger partial charge in [-0.1, -0.05) is 25.5 Å². The monoisotopic (exact) mass is 262 g/mol. The Bertz CT molecular complexity index is 502. The van der Waals surface area contributed by atoms with Crippen molar-refractivity contribution in [1.29, 1.82) is 0 Å². The summed E-state index contributed by atoms with van der Waals surface area (Å²) in [6.07, 6.45) is 6.26. The third kappa shape index (κ3) is 1.57. The largest absolute Gasteiger partial charge is 0.425 e. The van der Waals surface area contributed by atoms with Crippen LogP contribution in [0, 0.1) is 11.3 Å². The van der Waals surface area contributed by atoms with Gasteiger partial charge >= 0.3 is 5.97 Å². The summed E-state index contributed by atoms with van der Waals surface area (Å²) in [4.78, 5) is 11.9. The van der Waals surface area contributed by atoms with Crippen molar-refractivity contribution >= 4 is 5.97 Å². The van der Waals surface area contributed by atoms with Gasteiger partial charge in [0, 0.05) is 24.7 Å². The zero-order valence-electron chi connectivity index (χ0n) is 12.2. The van der Waals surface area contributed by atoms with Crippen molar-refractivity contribution in [2.24, 2.45) is 11.3 Å². The first kappa shape index (κ1) is 12.9. The predicted octanol–water partition coefficient (Wildman–Crippen LogP) is 3.36. The van der Waals surface area contributed by atoms with E-state index < -0.39 is 5.79 Å². The van der Waals surface area contributed by atoms with Gasteiger partial charge in [0.15, 0.2) is 0 Å². The third-order valence-electron chi connectivity index (χ3n) is 5.58. The highest BCUT2D eigenvalue weighted by atomic mass is 16.7. The molecule has 1 fully saturated rings. The number of carbonyl (C=O) groups excluding carboxylic acids is 1. The summed E-state index contributed by atoms with van der Waals surface area (Å²) in [5.41, 5.74) is 3.37. The van der Waals surface area contributed by atoms with Crippen LogP contribution >= 0.6 is 0 Å². The molecule has 3 unspecified atom stereocenters. The Balaban J connectivity index is 2.10. The number of hydrogen-bond donors (Lipinski definition) is 0. The SMILES string of the molecule is COC12CC3=CCCC(C)C3(C)CC1=C(C)C(=O)O2. The van der Waals surface area contributed by atoms with Gasteiger partial charge in [0.25, 0.3) is 0 Å². The standard InChI is InChI=1S/C16H22O3/c1-10-6-5-7-12-8-16(18-4)13(9-15(10,12)3)11(2)14(17)19-16/h7,10H,5-6,8-9H2,1-4H3. The lowest BCUT2D eigenvalue weighted by molar-refractivity contribution is -0.198. The molecule has 3 aliphatic rings. The molecule has 1 aliphatic heterocycles. The molecule has 3 nitrogen and oxygen atoms in total. The Morgan fingerprint density at radius 1 is 1.42 bits per heavy atom. The van der Waals surface area contributed by atoms with Crippen molar-refractivity contribution in [3.05, 3.63) is 22.8 Å². The zero-order chi connectivity index (χ0) is 13.8. The van der Waals surface area contributed by atoms with E-state index >= 15 is 0 Å². The van der Waals surface area contributed by atoms with Gasteiger partial charge in [-0.15, -0.1) is 0 Å². The molecule has 3 rings (SSSR count). The molecule has 3 atom stereocenters. The molecule has 1 saturated carbocycles. The minimum atomic E-state index is -0.816. The first-order valence-corrected chi connectivity index (χ1v) is 7.11. The van der Waals surface area contributed by atoms with Gasteiger partial charge in [-0.2, -0.15) is 0 Å². The highest BCUT2D eigenvalue weighted by molar-refractivity contribution is 5.92. The smallest absolute Gasteiger partial charge is 0.336 e. The van der Waals surface area contributed by atoms with E-state index in [1.54, 1.807) is 7.11 Å². The van der Waals surface area contributed by atoms with Crippen LogP contribution in [-0.2, 0) is 14.3 Å². The number of ether oxygens (including phenoxy) is 2. The van der Waals surface area contributed by atoms with E-state index in [1.807, 2.05) is 6.92 Å². The fraction of sp³-hybridized carbons (Fsp3) is 0.688. The summed E-state index contributed by atoms with van der Waals surface area (Å²) < 4.78 is 11.2. The normalized spacial score (nSPS) is 41.6. The van der Waals surface area contributed by atoms with E-state index in [9.17, 15) is 4.79 Å². The third-order valence-corrected chi connectivity index (χ3v) is 5.58. The minimum Gasteiger partial charge on any atom is -0.425 e. The lowest BCUT2D eigenvalue weighted by atomic mass is 9.58. The summed E-state index contributed by atoms with van der Waals surface area (Å²) >= 11 is 0. The van der Waals surface area contributed by atoms with Crippen LogP contribution in [0.1, 0.15) is 46.5 Å². The number of methoxy groups -OCH3 is 1. The summed E-state index contributed by atoms with van der Waals surface area (Å²) in [5, 5.41) is 0. The Hall–Kier alpha value is -1.09. The molecule has 0 bridgehead atoms. The number of hydrogen-bond acceptors (Lipinski definition) is 3. The second-order valence-corrected chi connectivity index (χ2v) is 6.43. The van der Waals surface area contributed by atoms with Crippen molar-refractivity contribution in [3.63, 3.8) is 0 Å². The van der Waals surface area contributed by atoms with Crippen LogP contribution < -0.4 is 0 Å². The van der Waals surface area contributed by atoms with Crippen LogP contribution in [0.4, 0.5) is 0 Å². The van der Waals surface area contributed by atoms with Crippen LogP contribution in [0.5, 0.6) is 0 Å². The Labute approximate surface area is 114 Å². The van der Waals surface area contributed by atoms with Gasteiger partial charge in [0.2, 0.25) is 5.79 Å². The summed E-state index contributed by atoms with van der Waals surface area (Å²) in [7, 11) is 1.64. The van der Waals surface area contributed by atoms with Gasteiger partial charge in [-0.05, 0) is 37.5 Å². The molecular formula is C16H22O3. The second kappa shape index (κ2) is 3.95. The van der Waals surface area contributed by atoms with E-state index in [0.29, 0.717) is 12.3 Å². The lowest BCUT2D eigenvalue weighted by Gasteiger charge is -2.49. The van der Waals surface area contributed by atoms with Gasteiger partial charge in [-0.25, -0.2) is 4.79 Å². The van der Waals surface area contributed by atoms with Crippen molar-refractivity contribution in [2.75, 3.05) is 7.11 Å². The summed E-state index contributed by atoms with van der Waals surface area (Å²) in [5.74, 6) is -0.394.